The molecule has 0 saturated heterocycles. The molecule has 0 aliphatic heterocycles. The zero-order chi connectivity index (χ0) is 14.7. The molecule has 0 saturated carbocycles. The third-order valence-corrected chi connectivity index (χ3v) is 3.12. The van der Waals surface area contributed by atoms with Crippen LogP contribution in [0.4, 0.5) is 0 Å². The summed E-state index contributed by atoms with van der Waals surface area (Å²) in [4.78, 5) is 4.42. The average molecular weight is 278 g/mol. The van der Waals surface area contributed by atoms with E-state index >= 15 is 0 Å². The molecule has 1 heterocycles. The van der Waals surface area contributed by atoms with Crippen molar-refractivity contribution in [1.29, 1.82) is 0 Å². The van der Waals surface area contributed by atoms with E-state index in [9.17, 15) is 0 Å². The lowest BCUT2D eigenvalue weighted by Gasteiger charge is -2.01. The molecule has 1 N–H and O–H groups in total. The fourth-order valence-electron chi connectivity index (χ4n) is 2.04. The summed E-state index contributed by atoms with van der Waals surface area (Å²) in [6.45, 7) is 2.03. The highest BCUT2D eigenvalue weighted by atomic mass is 16.4. The van der Waals surface area contributed by atoms with E-state index in [4.69, 9.17) is 5.21 Å². The Hall–Kier alpha value is -2.95. The van der Waals surface area contributed by atoms with Gasteiger partial charge in [0.05, 0.1) is 5.69 Å². The largest absolute Gasteiger partial charge is 0.411 e. The number of hydrogen-bond acceptors (Lipinski definition) is 4. The van der Waals surface area contributed by atoms with Crippen LogP contribution in [0.2, 0.25) is 0 Å². The lowest BCUT2D eigenvalue weighted by atomic mass is 10.1. The second-order valence-electron chi connectivity index (χ2n) is 4.65. The maximum absolute atomic E-state index is 8.80. The quantitative estimate of drug-likeness (QED) is 0.455. The molecule has 3 rings (SSSR count). The minimum absolute atomic E-state index is 0.472. The van der Waals surface area contributed by atoms with Gasteiger partial charge in [-0.2, -0.15) is 0 Å². The molecule has 0 amide bonds. The standard InChI is InChI=1S/C16H14N4O/c1-12-7-9-13(10-8-12)16-18-15(11-17-21)20(19-16)14-5-3-2-4-6-14/h2-11,21H,1H3/b17-11+. The van der Waals surface area contributed by atoms with Crippen LogP contribution in [-0.2, 0) is 0 Å². The van der Waals surface area contributed by atoms with Crippen molar-refractivity contribution in [3.05, 3.63) is 66.0 Å². The average Bonchev–Trinajstić information content (AvgIpc) is 2.93. The summed E-state index contributed by atoms with van der Waals surface area (Å²) in [6, 6.07) is 17.6. The third-order valence-electron chi connectivity index (χ3n) is 3.12. The number of rotatable bonds is 3. The van der Waals surface area contributed by atoms with Crippen LogP contribution < -0.4 is 0 Å². The normalized spacial score (nSPS) is 11.1. The molecule has 0 aliphatic rings. The molecule has 0 aliphatic carbocycles. The van der Waals surface area contributed by atoms with Gasteiger partial charge in [0.25, 0.3) is 0 Å². The highest BCUT2D eigenvalue weighted by Crippen LogP contribution is 2.18. The second-order valence-corrected chi connectivity index (χ2v) is 4.65. The Labute approximate surface area is 122 Å². The summed E-state index contributed by atoms with van der Waals surface area (Å²) < 4.78 is 1.65. The Balaban J connectivity index is 2.10. The van der Waals surface area contributed by atoms with Crippen LogP contribution in [0, 0.1) is 6.92 Å². The minimum atomic E-state index is 0.472. The lowest BCUT2D eigenvalue weighted by molar-refractivity contribution is 0.321. The van der Waals surface area contributed by atoms with Crippen molar-refractivity contribution >= 4 is 6.21 Å². The molecule has 21 heavy (non-hydrogen) atoms. The first-order valence-corrected chi connectivity index (χ1v) is 6.55. The van der Waals surface area contributed by atoms with Crippen molar-refractivity contribution in [3.8, 4) is 17.1 Å². The van der Waals surface area contributed by atoms with Gasteiger partial charge in [-0.1, -0.05) is 53.2 Å². The van der Waals surface area contributed by atoms with Crippen molar-refractivity contribution in [2.24, 2.45) is 5.16 Å². The van der Waals surface area contributed by atoms with Crippen molar-refractivity contribution in [1.82, 2.24) is 14.8 Å². The highest BCUT2D eigenvalue weighted by molar-refractivity contribution is 5.76. The van der Waals surface area contributed by atoms with Crippen LogP contribution in [0.5, 0.6) is 0 Å². The molecule has 104 valence electrons. The first-order valence-electron chi connectivity index (χ1n) is 6.55. The fraction of sp³-hybridized carbons (Fsp3) is 0.0625. The summed E-state index contributed by atoms with van der Waals surface area (Å²) in [7, 11) is 0. The molecule has 0 atom stereocenters. The van der Waals surface area contributed by atoms with Gasteiger partial charge in [0.2, 0.25) is 0 Å². The third kappa shape index (κ3) is 2.67. The van der Waals surface area contributed by atoms with Crippen molar-refractivity contribution < 1.29 is 5.21 Å². The summed E-state index contributed by atoms with van der Waals surface area (Å²) in [6.07, 6.45) is 1.28. The number of para-hydroxylation sites is 1. The zero-order valence-corrected chi connectivity index (χ0v) is 11.5. The number of nitrogens with zero attached hydrogens (tertiary/aromatic N) is 4. The molecule has 0 unspecified atom stereocenters. The number of hydrogen-bond donors (Lipinski definition) is 1. The van der Waals surface area contributed by atoms with Crippen molar-refractivity contribution in [3.63, 3.8) is 0 Å². The molecule has 0 fully saturated rings. The van der Waals surface area contributed by atoms with E-state index in [1.54, 1.807) is 4.68 Å². The topological polar surface area (TPSA) is 63.3 Å². The summed E-state index contributed by atoms with van der Waals surface area (Å²) in [5.41, 5.74) is 2.96. The summed E-state index contributed by atoms with van der Waals surface area (Å²) in [5.74, 6) is 1.06. The first-order chi connectivity index (χ1) is 10.3. The molecule has 0 bridgehead atoms. The van der Waals surface area contributed by atoms with E-state index in [-0.39, 0.29) is 0 Å². The van der Waals surface area contributed by atoms with Gasteiger partial charge >= 0.3 is 0 Å². The van der Waals surface area contributed by atoms with Crippen LogP contribution in [0.15, 0.2) is 59.8 Å². The van der Waals surface area contributed by atoms with Crippen LogP contribution in [0.25, 0.3) is 17.1 Å². The molecule has 1 aromatic heterocycles. The van der Waals surface area contributed by atoms with Crippen LogP contribution >= 0.6 is 0 Å². The van der Waals surface area contributed by atoms with Gasteiger partial charge in [-0.15, -0.1) is 5.10 Å². The van der Waals surface area contributed by atoms with E-state index in [0.29, 0.717) is 11.6 Å². The highest BCUT2D eigenvalue weighted by Gasteiger charge is 2.11. The van der Waals surface area contributed by atoms with Gasteiger partial charge < -0.3 is 5.21 Å². The van der Waals surface area contributed by atoms with Gasteiger partial charge in [0.1, 0.15) is 6.21 Å². The predicted octanol–water partition coefficient (Wildman–Crippen LogP) is 3.05. The van der Waals surface area contributed by atoms with Crippen LogP contribution in [-0.4, -0.2) is 26.2 Å². The monoisotopic (exact) mass is 278 g/mol. The molecule has 0 spiro atoms. The maximum Gasteiger partial charge on any atom is 0.182 e. The van der Waals surface area contributed by atoms with Gasteiger partial charge in [-0.05, 0) is 19.1 Å². The zero-order valence-electron chi connectivity index (χ0n) is 11.5. The predicted molar refractivity (Wildman–Crippen MR) is 80.9 cm³/mol. The molecule has 3 aromatic rings. The van der Waals surface area contributed by atoms with Gasteiger partial charge in [-0.3, -0.25) is 0 Å². The molecular formula is C16H14N4O. The maximum atomic E-state index is 8.80. The lowest BCUT2D eigenvalue weighted by Crippen LogP contribution is -2.01. The SMILES string of the molecule is Cc1ccc(-c2nc(/C=N/O)n(-c3ccccc3)n2)cc1. The Morgan fingerprint density at radius 1 is 1.05 bits per heavy atom. The Morgan fingerprint density at radius 2 is 1.76 bits per heavy atom. The number of oxime groups is 1. The van der Waals surface area contributed by atoms with Crippen LogP contribution in [0.3, 0.4) is 0 Å². The van der Waals surface area contributed by atoms with Gasteiger partial charge in [-0.25, -0.2) is 9.67 Å². The minimum Gasteiger partial charge on any atom is -0.411 e. The summed E-state index contributed by atoms with van der Waals surface area (Å²) in [5, 5.41) is 16.4. The Morgan fingerprint density at radius 3 is 2.43 bits per heavy atom. The van der Waals surface area contributed by atoms with E-state index in [0.717, 1.165) is 11.3 Å². The van der Waals surface area contributed by atoms with Gasteiger partial charge in [0, 0.05) is 5.56 Å². The van der Waals surface area contributed by atoms with Gasteiger partial charge in [0.15, 0.2) is 11.6 Å². The van der Waals surface area contributed by atoms with Crippen LogP contribution in [0.1, 0.15) is 11.4 Å². The smallest absolute Gasteiger partial charge is 0.182 e. The Bertz CT molecular complexity index is 761. The second kappa shape index (κ2) is 5.58. The molecular weight excluding hydrogens is 264 g/mol. The summed E-state index contributed by atoms with van der Waals surface area (Å²) >= 11 is 0. The van der Waals surface area contributed by atoms with E-state index in [2.05, 4.69) is 15.2 Å². The number of aromatic nitrogens is 3. The number of aryl methyl sites for hydroxylation is 1. The van der Waals surface area contributed by atoms with Crippen molar-refractivity contribution in [2.75, 3.05) is 0 Å². The number of benzene rings is 2. The molecule has 5 nitrogen and oxygen atoms in total. The van der Waals surface area contributed by atoms with Crippen molar-refractivity contribution in [2.45, 2.75) is 6.92 Å². The molecule has 5 heteroatoms. The first kappa shape index (κ1) is 13.1. The van der Waals surface area contributed by atoms with E-state index in [1.807, 2.05) is 61.5 Å². The Kier molecular flexibility index (Phi) is 3.47. The fourth-order valence-corrected chi connectivity index (χ4v) is 2.04. The molecule has 0 radical (unpaired) electrons. The molecule has 2 aromatic carbocycles. The van der Waals surface area contributed by atoms with E-state index < -0.39 is 0 Å². The van der Waals surface area contributed by atoms with E-state index in [1.165, 1.54) is 11.8 Å².